The topological polar surface area (TPSA) is 78.9 Å². The van der Waals surface area contributed by atoms with Gasteiger partial charge in [-0.05, 0) is 96.3 Å². The molecule has 0 amide bonds. The van der Waals surface area contributed by atoms with Crippen LogP contribution in [-0.2, 0) is 28.6 Å². The highest BCUT2D eigenvalue weighted by molar-refractivity contribution is 5.71. The van der Waals surface area contributed by atoms with Crippen molar-refractivity contribution in [2.75, 3.05) is 13.2 Å². The molecule has 6 heteroatoms. The number of ether oxygens (including phenoxy) is 3. The first-order chi connectivity index (χ1) is 39.5. The number of rotatable bonds is 63. The summed E-state index contributed by atoms with van der Waals surface area (Å²) in [5.74, 6) is -0.865. The standard InChI is InChI=1S/C74H130O6/c1-4-7-10-13-16-19-22-24-26-28-29-30-31-32-33-34-35-36-37-38-39-40-41-42-43-44-45-47-48-50-52-55-58-61-64-67-73(76)79-70-71(69-78-72(75)66-63-60-57-54-21-18-15-12-9-6-3)80-74(77)68-65-62-59-56-53-51-49-46-27-25-23-20-17-14-11-8-5-2/h7,10,16-17,19-20,24-27,29-30,32-33,71H,4-6,8-9,11-15,18,21-23,28,31,34-70H2,1-3H3/b10-7-,19-16-,20-17-,26-24-,27-25-,30-29-,33-32-. The van der Waals surface area contributed by atoms with E-state index in [-0.39, 0.29) is 31.1 Å². The van der Waals surface area contributed by atoms with Gasteiger partial charge >= 0.3 is 17.9 Å². The molecule has 0 aromatic rings. The Morgan fingerprint density at radius 3 is 0.787 bits per heavy atom. The van der Waals surface area contributed by atoms with Crippen molar-refractivity contribution in [1.29, 1.82) is 0 Å². The van der Waals surface area contributed by atoms with Crippen LogP contribution in [-0.4, -0.2) is 37.2 Å². The molecule has 0 spiro atoms. The predicted octanol–water partition coefficient (Wildman–Crippen LogP) is 23.8. The van der Waals surface area contributed by atoms with Crippen molar-refractivity contribution in [2.24, 2.45) is 0 Å². The van der Waals surface area contributed by atoms with Gasteiger partial charge < -0.3 is 14.2 Å². The van der Waals surface area contributed by atoms with E-state index in [1.54, 1.807) is 0 Å². The van der Waals surface area contributed by atoms with Gasteiger partial charge in [-0.3, -0.25) is 14.4 Å². The lowest BCUT2D eigenvalue weighted by Gasteiger charge is -2.18. The lowest BCUT2D eigenvalue weighted by atomic mass is 10.0. The summed E-state index contributed by atoms with van der Waals surface area (Å²) < 4.78 is 16.9. The van der Waals surface area contributed by atoms with Crippen molar-refractivity contribution >= 4 is 17.9 Å². The van der Waals surface area contributed by atoms with Crippen molar-refractivity contribution < 1.29 is 28.6 Å². The minimum Gasteiger partial charge on any atom is -0.462 e. The predicted molar refractivity (Wildman–Crippen MR) is 348 cm³/mol. The first-order valence-electron chi connectivity index (χ1n) is 34.6. The highest BCUT2D eigenvalue weighted by atomic mass is 16.6. The number of unbranched alkanes of at least 4 members (excludes halogenated alkanes) is 38. The average Bonchev–Trinajstić information content (AvgIpc) is 3.46. The van der Waals surface area contributed by atoms with Gasteiger partial charge in [-0.1, -0.05) is 318 Å². The Bertz CT molecular complexity index is 1520. The molecule has 0 fully saturated rings. The number of hydrogen-bond donors (Lipinski definition) is 0. The van der Waals surface area contributed by atoms with E-state index in [1.165, 1.54) is 205 Å². The van der Waals surface area contributed by atoms with E-state index in [0.717, 1.165) is 103 Å². The van der Waals surface area contributed by atoms with Gasteiger partial charge in [-0.25, -0.2) is 0 Å². The molecule has 0 aromatic heterocycles. The molecule has 0 radical (unpaired) electrons. The molecule has 0 rings (SSSR count). The van der Waals surface area contributed by atoms with Crippen LogP contribution in [0.25, 0.3) is 0 Å². The Morgan fingerprint density at radius 2 is 0.487 bits per heavy atom. The van der Waals surface area contributed by atoms with Gasteiger partial charge in [0.1, 0.15) is 13.2 Å². The van der Waals surface area contributed by atoms with E-state index in [1.807, 2.05) is 0 Å². The zero-order chi connectivity index (χ0) is 57.8. The Morgan fingerprint density at radius 1 is 0.263 bits per heavy atom. The van der Waals surface area contributed by atoms with Gasteiger partial charge in [0.2, 0.25) is 0 Å². The number of allylic oxidation sites excluding steroid dienone is 14. The van der Waals surface area contributed by atoms with E-state index in [0.29, 0.717) is 19.3 Å². The maximum absolute atomic E-state index is 12.9. The molecule has 80 heavy (non-hydrogen) atoms. The van der Waals surface area contributed by atoms with Crippen LogP contribution in [0.5, 0.6) is 0 Å². The number of hydrogen-bond acceptors (Lipinski definition) is 6. The highest BCUT2D eigenvalue weighted by Gasteiger charge is 2.19. The van der Waals surface area contributed by atoms with E-state index >= 15 is 0 Å². The van der Waals surface area contributed by atoms with E-state index in [9.17, 15) is 14.4 Å². The molecule has 1 atom stereocenters. The maximum atomic E-state index is 12.9. The quantitative estimate of drug-likeness (QED) is 0.0261. The molecule has 0 saturated heterocycles. The maximum Gasteiger partial charge on any atom is 0.306 e. The highest BCUT2D eigenvalue weighted by Crippen LogP contribution is 2.17. The molecular formula is C74H130O6. The first-order valence-corrected chi connectivity index (χ1v) is 34.6. The third kappa shape index (κ3) is 65.4. The third-order valence-corrected chi connectivity index (χ3v) is 15.1. The summed E-state index contributed by atoms with van der Waals surface area (Å²) in [6, 6.07) is 0. The summed E-state index contributed by atoms with van der Waals surface area (Å²) in [7, 11) is 0. The second kappa shape index (κ2) is 68.1. The van der Waals surface area contributed by atoms with Crippen LogP contribution in [0.1, 0.15) is 348 Å². The van der Waals surface area contributed by atoms with Crippen molar-refractivity contribution in [3.05, 3.63) is 85.1 Å². The Labute approximate surface area is 496 Å². The molecule has 0 aliphatic rings. The molecule has 6 nitrogen and oxygen atoms in total. The summed E-state index contributed by atoms with van der Waals surface area (Å²) >= 11 is 0. The van der Waals surface area contributed by atoms with Crippen LogP contribution in [0.2, 0.25) is 0 Å². The fourth-order valence-electron chi connectivity index (χ4n) is 9.97. The molecule has 0 heterocycles. The van der Waals surface area contributed by atoms with Crippen molar-refractivity contribution in [1.82, 2.24) is 0 Å². The largest absolute Gasteiger partial charge is 0.462 e. The number of esters is 3. The van der Waals surface area contributed by atoms with Crippen molar-refractivity contribution in [2.45, 2.75) is 354 Å². The second-order valence-electron chi connectivity index (χ2n) is 23.1. The molecule has 0 saturated carbocycles. The van der Waals surface area contributed by atoms with Crippen LogP contribution in [0.3, 0.4) is 0 Å². The van der Waals surface area contributed by atoms with Crippen molar-refractivity contribution in [3.8, 4) is 0 Å². The lowest BCUT2D eigenvalue weighted by molar-refractivity contribution is -0.167. The van der Waals surface area contributed by atoms with Gasteiger partial charge in [0, 0.05) is 19.3 Å². The fourth-order valence-corrected chi connectivity index (χ4v) is 9.97. The fraction of sp³-hybridized carbons (Fsp3) is 0.770. The zero-order valence-corrected chi connectivity index (χ0v) is 53.1. The lowest BCUT2D eigenvalue weighted by Crippen LogP contribution is -2.30. The zero-order valence-electron chi connectivity index (χ0n) is 53.1. The smallest absolute Gasteiger partial charge is 0.306 e. The minimum absolute atomic E-state index is 0.0739. The summed E-state index contributed by atoms with van der Waals surface area (Å²) in [6.45, 7) is 6.52. The molecule has 0 aliphatic heterocycles. The molecule has 0 bridgehead atoms. The summed E-state index contributed by atoms with van der Waals surface area (Å²) in [6.07, 6.45) is 90.5. The summed E-state index contributed by atoms with van der Waals surface area (Å²) in [5.41, 5.74) is 0. The SMILES string of the molecule is CC/C=C\C/C=C\C/C=C\C/C=C\C/C=C\CCCCCCCCCCCCCCCCCCCCCC(=O)OCC(COC(=O)CCCCCCCCCCCC)OC(=O)CCCCCCCCC/C=C\C/C=C\CCCCC. The molecule has 0 aliphatic carbocycles. The molecular weight excluding hydrogens is 985 g/mol. The second-order valence-corrected chi connectivity index (χ2v) is 23.1. The van der Waals surface area contributed by atoms with Gasteiger partial charge in [0.05, 0.1) is 0 Å². The van der Waals surface area contributed by atoms with Crippen LogP contribution >= 0.6 is 0 Å². The van der Waals surface area contributed by atoms with Gasteiger partial charge in [0.25, 0.3) is 0 Å². The molecule has 0 N–H and O–H groups in total. The van der Waals surface area contributed by atoms with E-state index in [2.05, 4.69) is 106 Å². The Kier molecular flexibility index (Phi) is 65.2. The van der Waals surface area contributed by atoms with E-state index in [4.69, 9.17) is 14.2 Å². The van der Waals surface area contributed by atoms with Crippen LogP contribution in [0.15, 0.2) is 85.1 Å². The van der Waals surface area contributed by atoms with Gasteiger partial charge in [0.15, 0.2) is 6.10 Å². The monoisotopic (exact) mass is 1110 g/mol. The van der Waals surface area contributed by atoms with Crippen molar-refractivity contribution in [3.63, 3.8) is 0 Å². The first kappa shape index (κ1) is 76.6. The molecule has 1 unspecified atom stereocenters. The third-order valence-electron chi connectivity index (χ3n) is 15.1. The molecule has 462 valence electrons. The van der Waals surface area contributed by atoms with Gasteiger partial charge in [-0.2, -0.15) is 0 Å². The summed E-state index contributed by atoms with van der Waals surface area (Å²) in [5, 5.41) is 0. The molecule has 0 aromatic carbocycles. The summed E-state index contributed by atoms with van der Waals surface area (Å²) in [4.78, 5) is 38.3. The van der Waals surface area contributed by atoms with Crippen LogP contribution in [0, 0.1) is 0 Å². The van der Waals surface area contributed by atoms with Gasteiger partial charge in [-0.15, -0.1) is 0 Å². The Hall–Kier alpha value is -3.41. The van der Waals surface area contributed by atoms with Crippen LogP contribution < -0.4 is 0 Å². The number of carbonyl (C=O) groups excluding carboxylic acids is 3. The van der Waals surface area contributed by atoms with Crippen LogP contribution in [0.4, 0.5) is 0 Å². The van der Waals surface area contributed by atoms with E-state index < -0.39 is 6.10 Å². The normalized spacial score (nSPS) is 12.6. The number of carbonyl (C=O) groups is 3. The minimum atomic E-state index is -0.776. The average molecular weight is 1120 g/mol. The Balaban J connectivity index is 4.07.